The Balaban J connectivity index is 2.30. The van der Waals surface area contributed by atoms with E-state index in [0.29, 0.717) is 5.69 Å². The van der Waals surface area contributed by atoms with Gasteiger partial charge in [-0.1, -0.05) is 6.07 Å². The van der Waals surface area contributed by atoms with E-state index in [9.17, 15) is 13.6 Å². The van der Waals surface area contributed by atoms with Crippen molar-refractivity contribution in [3.8, 4) is 0 Å². The Labute approximate surface area is 108 Å². The average Bonchev–Trinajstić information content (AvgIpc) is 2.37. The van der Waals surface area contributed by atoms with Crippen LogP contribution in [0.15, 0.2) is 30.5 Å². The maximum Gasteiger partial charge on any atom is 0.262 e. The van der Waals surface area contributed by atoms with Gasteiger partial charge in [0.1, 0.15) is 23.0 Å². The average molecular weight is 263 g/mol. The number of benzene rings is 1. The maximum atomic E-state index is 13.7. The molecule has 0 aliphatic carbocycles. The molecule has 0 aliphatic rings. The quantitative estimate of drug-likeness (QED) is 0.874. The molecule has 98 valence electrons. The third-order valence-corrected chi connectivity index (χ3v) is 2.54. The number of nitrogens with two attached hydrogens (primary N) is 1. The van der Waals surface area contributed by atoms with Gasteiger partial charge < -0.3 is 11.1 Å². The number of carbonyl (C=O) groups is 1. The molecule has 0 aliphatic heterocycles. The standard InChI is InChI=1S/C13H11F2N3O/c1-7-2-4-9(14)11(12(7)15)13(19)18-10-5-3-8(16)6-17-10/h2-6H,16H2,1H3,(H,17,18,19). The van der Waals surface area contributed by atoms with Crippen LogP contribution < -0.4 is 11.1 Å². The minimum atomic E-state index is -0.920. The molecular weight excluding hydrogens is 252 g/mol. The van der Waals surface area contributed by atoms with E-state index < -0.39 is 23.1 Å². The van der Waals surface area contributed by atoms with Gasteiger partial charge in [-0.2, -0.15) is 0 Å². The van der Waals surface area contributed by atoms with Crippen LogP contribution in [0.2, 0.25) is 0 Å². The van der Waals surface area contributed by atoms with Crippen molar-refractivity contribution in [3.05, 3.63) is 53.2 Å². The van der Waals surface area contributed by atoms with Crippen molar-refractivity contribution in [1.29, 1.82) is 0 Å². The Kier molecular flexibility index (Phi) is 3.41. The molecule has 1 aromatic carbocycles. The Hall–Kier alpha value is -2.50. The first kappa shape index (κ1) is 12.9. The van der Waals surface area contributed by atoms with E-state index in [1.807, 2.05) is 0 Å². The summed E-state index contributed by atoms with van der Waals surface area (Å²) in [4.78, 5) is 15.7. The summed E-state index contributed by atoms with van der Waals surface area (Å²) in [7, 11) is 0. The van der Waals surface area contributed by atoms with Crippen LogP contribution >= 0.6 is 0 Å². The van der Waals surface area contributed by atoms with Crippen molar-refractivity contribution in [2.45, 2.75) is 6.92 Å². The first-order valence-electron chi connectivity index (χ1n) is 5.46. The Bertz CT molecular complexity index is 627. The Morgan fingerprint density at radius 1 is 1.26 bits per heavy atom. The van der Waals surface area contributed by atoms with Crippen LogP contribution in [-0.2, 0) is 0 Å². The van der Waals surface area contributed by atoms with Gasteiger partial charge in [-0.3, -0.25) is 4.79 Å². The van der Waals surface area contributed by atoms with Gasteiger partial charge in [-0.25, -0.2) is 13.8 Å². The number of nitrogens with zero attached hydrogens (tertiary/aromatic N) is 1. The number of nitrogen functional groups attached to an aromatic ring is 1. The van der Waals surface area contributed by atoms with E-state index in [1.54, 1.807) is 0 Å². The highest BCUT2D eigenvalue weighted by Crippen LogP contribution is 2.18. The first-order valence-corrected chi connectivity index (χ1v) is 5.46. The largest absolute Gasteiger partial charge is 0.397 e. The molecule has 0 atom stereocenters. The zero-order valence-corrected chi connectivity index (χ0v) is 10.1. The lowest BCUT2D eigenvalue weighted by Crippen LogP contribution is -2.17. The molecule has 3 N–H and O–H groups in total. The van der Waals surface area contributed by atoms with Crippen molar-refractivity contribution in [3.63, 3.8) is 0 Å². The minimum Gasteiger partial charge on any atom is -0.397 e. The fourth-order valence-corrected chi connectivity index (χ4v) is 1.52. The molecule has 0 fully saturated rings. The second kappa shape index (κ2) is 5.01. The van der Waals surface area contributed by atoms with Gasteiger partial charge in [0.25, 0.3) is 5.91 Å². The van der Waals surface area contributed by atoms with Crippen LogP contribution in [0.5, 0.6) is 0 Å². The molecule has 6 heteroatoms. The highest BCUT2D eigenvalue weighted by molar-refractivity contribution is 6.04. The maximum absolute atomic E-state index is 13.7. The predicted molar refractivity (Wildman–Crippen MR) is 67.7 cm³/mol. The van der Waals surface area contributed by atoms with E-state index in [0.717, 1.165) is 6.07 Å². The van der Waals surface area contributed by atoms with Crippen LogP contribution in [0.25, 0.3) is 0 Å². The third kappa shape index (κ3) is 2.67. The number of aryl methyl sites for hydroxylation is 1. The Morgan fingerprint density at radius 2 is 2.00 bits per heavy atom. The number of nitrogens with one attached hydrogen (secondary N) is 1. The van der Waals surface area contributed by atoms with Gasteiger partial charge >= 0.3 is 0 Å². The van der Waals surface area contributed by atoms with E-state index in [4.69, 9.17) is 5.73 Å². The summed E-state index contributed by atoms with van der Waals surface area (Å²) in [6.45, 7) is 1.45. The Morgan fingerprint density at radius 3 is 2.63 bits per heavy atom. The number of aromatic nitrogens is 1. The lowest BCUT2D eigenvalue weighted by atomic mass is 10.1. The fraction of sp³-hybridized carbons (Fsp3) is 0.0769. The van der Waals surface area contributed by atoms with Gasteiger partial charge in [-0.15, -0.1) is 0 Å². The lowest BCUT2D eigenvalue weighted by Gasteiger charge is -2.08. The van der Waals surface area contributed by atoms with Gasteiger partial charge in [0.05, 0.1) is 11.9 Å². The summed E-state index contributed by atoms with van der Waals surface area (Å²) < 4.78 is 27.2. The van der Waals surface area contributed by atoms with Crippen LogP contribution in [0.4, 0.5) is 20.3 Å². The number of halogens is 2. The minimum absolute atomic E-state index is 0.166. The molecular formula is C13H11F2N3O. The molecule has 0 spiro atoms. The molecule has 0 saturated carbocycles. The summed E-state index contributed by atoms with van der Waals surface area (Å²) >= 11 is 0. The van der Waals surface area contributed by atoms with E-state index in [1.165, 1.54) is 31.3 Å². The van der Waals surface area contributed by atoms with Crippen LogP contribution in [0.1, 0.15) is 15.9 Å². The van der Waals surface area contributed by atoms with Crippen molar-refractivity contribution >= 4 is 17.4 Å². The second-order valence-electron chi connectivity index (χ2n) is 3.98. The molecule has 1 heterocycles. The predicted octanol–water partition coefficient (Wildman–Crippen LogP) is 2.50. The zero-order chi connectivity index (χ0) is 14.0. The van der Waals surface area contributed by atoms with Crippen LogP contribution in [0.3, 0.4) is 0 Å². The number of hydrogen-bond acceptors (Lipinski definition) is 3. The third-order valence-electron chi connectivity index (χ3n) is 2.54. The molecule has 0 unspecified atom stereocenters. The smallest absolute Gasteiger partial charge is 0.262 e. The van der Waals surface area contributed by atoms with Crippen LogP contribution in [0, 0.1) is 18.6 Å². The summed E-state index contributed by atoms with van der Waals surface area (Å²) in [5, 5.41) is 2.31. The van der Waals surface area contributed by atoms with Crippen LogP contribution in [-0.4, -0.2) is 10.9 Å². The first-order chi connectivity index (χ1) is 8.99. The van der Waals surface area contributed by atoms with Gasteiger partial charge in [0.2, 0.25) is 0 Å². The van der Waals surface area contributed by atoms with E-state index in [-0.39, 0.29) is 11.4 Å². The molecule has 2 rings (SSSR count). The van der Waals surface area contributed by atoms with Crippen molar-refractivity contribution in [1.82, 2.24) is 4.98 Å². The summed E-state index contributed by atoms with van der Waals surface area (Å²) in [6, 6.07) is 5.27. The molecule has 19 heavy (non-hydrogen) atoms. The summed E-state index contributed by atoms with van der Waals surface area (Å²) in [6.07, 6.45) is 1.33. The number of pyridine rings is 1. The molecule has 0 bridgehead atoms. The number of hydrogen-bond donors (Lipinski definition) is 2. The number of amides is 1. The summed E-state index contributed by atoms with van der Waals surface area (Å²) in [5.41, 5.74) is 5.43. The molecule has 2 aromatic rings. The van der Waals surface area contributed by atoms with Gasteiger partial charge in [0, 0.05) is 0 Å². The summed E-state index contributed by atoms with van der Waals surface area (Å²) in [5.74, 6) is -2.53. The van der Waals surface area contributed by atoms with Gasteiger partial charge in [0.15, 0.2) is 0 Å². The van der Waals surface area contributed by atoms with E-state index >= 15 is 0 Å². The molecule has 4 nitrogen and oxygen atoms in total. The second-order valence-corrected chi connectivity index (χ2v) is 3.98. The zero-order valence-electron chi connectivity index (χ0n) is 10.1. The molecule has 1 aromatic heterocycles. The number of carbonyl (C=O) groups excluding carboxylic acids is 1. The number of rotatable bonds is 2. The normalized spacial score (nSPS) is 10.3. The van der Waals surface area contributed by atoms with Crippen molar-refractivity contribution in [2.75, 3.05) is 11.1 Å². The topological polar surface area (TPSA) is 68.0 Å². The molecule has 0 saturated heterocycles. The highest BCUT2D eigenvalue weighted by Gasteiger charge is 2.19. The lowest BCUT2D eigenvalue weighted by molar-refractivity contribution is 0.101. The van der Waals surface area contributed by atoms with Crippen molar-refractivity contribution < 1.29 is 13.6 Å². The fourth-order valence-electron chi connectivity index (χ4n) is 1.52. The molecule has 0 radical (unpaired) electrons. The van der Waals surface area contributed by atoms with Gasteiger partial charge in [-0.05, 0) is 30.7 Å². The van der Waals surface area contributed by atoms with Crippen molar-refractivity contribution in [2.24, 2.45) is 0 Å². The molecule has 1 amide bonds. The number of anilines is 2. The highest BCUT2D eigenvalue weighted by atomic mass is 19.1. The monoisotopic (exact) mass is 263 g/mol. The van der Waals surface area contributed by atoms with E-state index in [2.05, 4.69) is 10.3 Å². The SMILES string of the molecule is Cc1ccc(F)c(C(=O)Nc2ccc(N)cn2)c1F.